The van der Waals surface area contributed by atoms with E-state index in [1.807, 2.05) is 86.6 Å². The van der Waals surface area contributed by atoms with Gasteiger partial charge in [-0.3, -0.25) is 4.79 Å². The summed E-state index contributed by atoms with van der Waals surface area (Å²) in [5.41, 5.74) is 4.87. The largest absolute Gasteiger partial charge is 0.494 e. The number of para-hydroxylation sites is 1. The number of amides is 1. The molecule has 0 saturated heterocycles. The molecule has 1 N–H and O–H groups in total. The average Bonchev–Trinajstić information content (AvgIpc) is 2.75. The smallest absolute Gasteiger partial charge is 0.256 e. The van der Waals surface area contributed by atoms with Crippen LogP contribution in [-0.2, 0) is 0 Å². The Bertz CT molecular complexity index is 1220. The van der Waals surface area contributed by atoms with Gasteiger partial charge in [0.25, 0.3) is 5.91 Å². The molecule has 1 heterocycles. The molecular weight excluding hydrogens is 440 g/mol. The third-order valence-corrected chi connectivity index (χ3v) is 5.45. The van der Waals surface area contributed by atoms with Crippen LogP contribution >= 0.6 is 15.9 Å². The Labute approximate surface area is 184 Å². The number of ether oxygens (including phenoxy) is 1. The number of aromatic nitrogens is 1. The van der Waals surface area contributed by atoms with E-state index in [0.717, 1.165) is 43.6 Å². The predicted molar refractivity (Wildman–Crippen MR) is 125 cm³/mol. The standard InChI is InChI=1S/C25H21BrN2O2/c1-3-30-18-11-9-17(10-12-18)24-15-20(19-6-4-5-7-22(19)27-24)25(29)28-23-13-8-16(2)14-21(23)26/h4-15H,3H2,1-2H3,(H,28,29). The highest BCUT2D eigenvalue weighted by Gasteiger charge is 2.15. The van der Waals surface area contributed by atoms with Gasteiger partial charge in [0, 0.05) is 15.4 Å². The summed E-state index contributed by atoms with van der Waals surface area (Å²) in [4.78, 5) is 18.0. The maximum atomic E-state index is 13.2. The molecule has 4 nitrogen and oxygen atoms in total. The number of hydrogen-bond donors (Lipinski definition) is 1. The van der Waals surface area contributed by atoms with Crippen molar-refractivity contribution in [2.24, 2.45) is 0 Å². The monoisotopic (exact) mass is 460 g/mol. The molecule has 3 aromatic carbocycles. The molecule has 0 unspecified atom stereocenters. The first-order valence-corrected chi connectivity index (χ1v) is 10.5. The predicted octanol–water partition coefficient (Wildman–Crippen LogP) is 6.62. The Kier molecular flexibility index (Phi) is 5.81. The highest BCUT2D eigenvalue weighted by Crippen LogP contribution is 2.28. The van der Waals surface area contributed by atoms with Crippen LogP contribution in [0.25, 0.3) is 22.2 Å². The van der Waals surface area contributed by atoms with Gasteiger partial charge in [0.1, 0.15) is 5.75 Å². The minimum Gasteiger partial charge on any atom is -0.494 e. The van der Waals surface area contributed by atoms with E-state index in [4.69, 9.17) is 9.72 Å². The van der Waals surface area contributed by atoms with Crippen molar-refractivity contribution >= 4 is 38.4 Å². The van der Waals surface area contributed by atoms with Crippen LogP contribution in [0.15, 0.2) is 77.3 Å². The molecule has 0 saturated carbocycles. The molecular formula is C25H21BrN2O2. The Morgan fingerprint density at radius 1 is 1.03 bits per heavy atom. The van der Waals surface area contributed by atoms with Gasteiger partial charge in [-0.2, -0.15) is 0 Å². The van der Waals surface area contributed by atoms with Gasteiger partial charge >= 0.3 is 0 Å². The van der Waals surface area contributed by atoms with Gasteiger partial charge in [-0.05, 0) is 83.9 Å². The highest BCUT2D eigenvalue weighted by atomic mass is 79.9. The third-order valence-electron chi connectivity index (χ3n) is 4.79. The summed E-state index contributed by atoms with van der Waals surface area (Å²) in [6.45, 7) is 4.58. The van der Waals surface area contributed by atoms with Crippen molar-refractivity contribution in [2.75, 3.05) is 11.9 Å². The van der Waals surface area contributed by atoms with Gasteiger partial charge in [0.05, 0.1) is 29.1 Å². The van der Waals surface area contributed by atoms with Crippen LogP contribution in [0.3, 0.4) is 0 Å². The molecule has 0 radical (unpaired) electrons. The van der Waals surface area contributed by atoms with Gasteiger partial charge < -0.3 is 10.1 Å². The summed E-state index contributed by atoms with van der Waals surface area (Å²) < 4.78 is 6.37. The number of nitrogens with zero attached hydrogens (tertiary/aromatic N) is 1. The lowest BCUT2D eigenvalue weighted by molar-refractivity contribution is 0.102. The summed E-state index contributed by atoms with van der Waals surface area (Å²) in [6.07, 6.45) is 0. The summed E-state index contributed by atoms with van der Waals surface area (Å²) in [5, 5.41) is 3.83. The number of benzene rings is 3. The minimum absolute atomic E-state index is 0.176. The molecule has 5 heteroatoms. The number of pyridine rings is 1. The Hall–Kier alpha value is -3.18. The van der Waals surface area contributed by atoms with Crippen LogP contribution < -0.4 is 10.1 Å². The Balaban J connectivity index is 1.75. The molecule has 1 amide bonds. The first-order valence-electron chi connectivity index (χ1n) is 9.75. The van der Waals surface area contributed by atoms with Gasteiger partial charge in [0.2, 0.25) is 0 Å². The van der Waals surface area contributed by atoms with E-state index in [2.05, 4.69) is 21.2 Å². The van der Waals surface area contributed by atoms with Crippen LogP contribution in [0.2, 0.25) is 0 Å². The van der Waals surface area contributed by atoms with E-state index in [-0.39, 0.29) is 5.91 Å². The van der Waals surface area contributed by atoms with Crippen LogP contribution in [-0.4, -0.2) is 17.5 Å². The van der Waals surface area contributed by atoms with Crippen molar-refractivity contribution in [3.63, 3.8) is 0 Å². The van der Waals surface area contributed by atoms with Crippen molar-refractivity contribution in [2.45, 2.75) is 13.8 Å². The fraction of sp³-hybridized carbons (Fsp3) is 0.120. The number of hydrogen-bond acceptors (Lipinski definition) is 3. The molecule has 0 spiro atoms. The van der Waals surface area contributed by atoms with E-state index < -0.39 is 0 Å². The fourth-order valence-electron chi connectivity index (χ4n) is 3.31. The number of aryl methyl sites for hydroxylation is 1. The number of anilines is 1. The zero-order chi connectivity index (χ0) is 21.1. The lowest BCUT2D eigenvalue weighted by atomic mass is 10.0. The van der Waals surface area contributed by atoms with E-state index in [1.54, 1.807) is 0 Å². The molecule has 30 heavy (non-hydrogen) atoms. The van der Waals surface area contributed by atoms with E-state index in [9.17, 15) is 4.79 Å². The first-order chi connectivity index (χ1) is 14.5. The number of fused-ring (bicyclic) bond motifs is 1. The van der Waals surface area contributed by atoms with Gasteiger partial charge in [-0.25, -0.2) is 4.98 Å². The molecule has 0 bridgehead atoms. The summed E-state index contributed by atoms with van der Waals surface area (Å²) in [5.74, 6) is 0.634. The second-order valence-electron chi connectivity index (χ2n) is 6.97. The van der Waals surface area contributed by atoms with Crippen LogP contribution in [0.1, 0.15) is 22.8 Å². The summed E-state index contributed by atoms with van der Waals surface area (Å²) >= 11 is 3.53. The lowest BCUT2D eigenvalue weighted by Gasteiger charge is -2.12. The van der Waals surface area contributed by atoms with Gasteiger partial charge in [-0.1, -0.05) is 24.3 Å². The first kappa shape index (κ1) is 20.1. The summed E-state index contributed by atoms with van der Waals surface area (Å²) in [6, 6.07) is 23.1. The molecule has 4 aromatic rings. The lowest BCUT2D eigenvalue weighted by Crippen LogP contribution is -2.13. The number of halogens is 1. The zero-order valence-corrected chi connectivity index (χ0v) is 18.4. The normalized spacial score (nSPS) is 10.8. The molecule has 0 aliphatic heterocycles. The summed E-state index contributed by atoms with van der Waals surface area (Å²) in [7, 11) is 0. The number of carbonyl (C=O) groups excluding carboxylic acids is 1. The quantitative estimate of drug-likeness (QED) is 0.363. The minimum atomic E-state index is -0.176. The van der Waals surface area contributed by atoms with Gasteiger partial charge in [0.15, 0.2) is 0 Å². The Morgan fingerprint density at radius 3 is 2.53 bits per heavy atom. The Morgan fingerprint density at radius 2 is 1.80 bits per heavy atom. The number of nitrogens with one attached hydrogen (secondary N) is 1. The second-order valence-corrected chi connectivity index (χ2v) is 7.82. The maximum absolute atomic E-state index is 13.2. The van der Waals surface area contributed by atoms with E-state index in [0.29, 0.717) is 12.2 Å². The van der Waals surface area contributed by atoms with Crippen LogP contribution in [0, 0.1) is 6.92 Å². The van der Waals surface area contributed by atoms with Crippen molar-refractivity contribution in [3.8, 4) is 17.0 Å². The van der Waals surface area contributed by atoms with Crippen LogP contribution in [0.5, 0.6) is 5.75 Å². The molecule has 0 atom stereocenters. The second kappa shape index (κ2) is 8.67. The van der Waals surface area contributed by atoms with Gasteiger partial charge in [-0.15, -0.1) is 0 Å². The number of carbonyl (C=O) groups is 1. The topological polar surface area (TPSA) is 51.2 Å². The number of rotatable bonds is 5. The molecule has 1 aromatic heterocycles. The average molecular weight is 461 g/mol. The molecule has 150 valence electrons. The van der Waals surface area contributed by atoms with E-state index >= 15 is 0 Å². The fourth-order valence-corrected chi connectivity index (χ4v) is 3.90. The zero-order valence-electron chi connectivity index (χ0n) is 16.8. The van der Waals surface area contributed by atoms with Crippen molar-refractivity contribution in [3.05, 3.63) is 88.4 Å². The molecule has 0 aliphatic carbocycles. The molecule has 0 fully saturated rings. The maximum Gasteiger partial charge on any atom is 0.256 e. The van der Waals surface area contributed by atoms with Crippen molar-refractivity contribution in [1.29, 1.82) is 0 Å². The third kappa shape index (κ3) is 4.21. The van der Waals surface area contributed by atoms with Crippen molar-refractivity contribution < 1.29 is 9.53 Å². The van der Waals surface area contributed by atoms with Crippen molar-refractivity contribution in [1.82, 2.24) is 4.98 Å². The van der Waals surface area contributed by atoms with E-state index in [1.165, 1.54) is 0 Å². The molecule has 0 aliphatic rings. The SMILES string of the molecule is CCOc1ccc(-c2cc(C(=O)Nc3ccc(C)cc3Br)c3ccccc3n2)cc1. The highest BCUT2D eigenvalue weighted by molar-refractivity contribution is 9.10. The molecule has 4 rings (SSSR count). The van der Waals surface area contributed by atoms with Crippen LogP contribution in [0.4, 0.5) is 5.69 Å².